The average Bonchev–Trinajstić information content (AvgIpc) is 2.72. The number of rotatable bonds is 6. The third-order valence-corrected chi connectivity index (χ3v) is 3.64. The minimum atomic E-state index is 0.676. The number of hydrogen-bond donors (Lipinski definition) is 2. The van der Waals surface area contributed by atoms with Crippen molar-refractivity contribution < 1.29 is 4.74 Å². The van der Waals surface area contributed by atoms with E-state index in [1.165, 1.54) is 4.88 Å². The number of aliphatic imine (C=N–C) groups is 1. The molecule has 0 aromatic carbocycles. The Bertz CT molecular complexity index is 354. The smallest absolute Gasteiger partial charge is 0.191 e. The Morgan fingerprint density at radius 1 is 1.53 bits per heavy atom. The van der Waals surface area contributed by atoms with Gasteiger partial charge in [-0.1, -0.05) is 0 Å². The first-order valence-electron chi connectivity index (χ1n) is 5.50. The van der Waals surface area contributed by atoms with E-state index in [0.29, 0.717) is 13.2 Å². The van der Waals surface area contributed by atoms with Crippen LogP contribution in [0.15, 0.2) is 20.9 Å². The van der Waals surface area contributed by atoms with Gasteiger partial charge in [-0.15, -0.1) is 11.3 Å². The van der Waals surface area contributed by atoms with Crippen LogP contribution < -0.4 is 10.6 Å². The number of nitrogens with zero attached hydrogens (tertiary/aromatic N) is 1. The van der Waals surface area contributed by atoms with Crippen molar-refractivity contribution in [3.8, 4) is 0 Å². The van der Waals surface area contributed by atoms with Crippen LogP contribution in [-0.4, -0.2) is 32.8 Å². The summed E-state index contributed by atoms with van der Waals surface area (Å²) in [5.74, 6) is 0.828. The third kappa shape index (κ3) is 6.05. The molecule has 0 spiro atoms. The number of thiophene rings is 1. The minimum absolute atomic E-state index is 0.676. The van der Waals surface area contributed by atoms with E-state index < -0.39 is 0 Å². The van der Waals surface area contributed by atoms with Crippen molar-refractivity contribution in [3.63, 3.8) is 0 Å². The number of nitrogens with one attached hydrogen (secondary N) is 2. The Kier molecular flexibility index (Phi) is 7.23. The highest BCUT2D eigenvalue weighted by Gasteiger charge is 1.99. The first-order chi connectivity index (χ1) is 8.26. The Morgan fingerprint density at radius 3 is 2.94 bits per heavy atom. The van der Waals surface area contributed by atoms with Gasteiger partial charge in [0.05, 0.1) is 13.2 Å². The zero-order valence-electron chi connectivity index (χ0n) is 10.1. The minimum Gasteiger partial charge on any atom is -0.383 e. The van der Waals surface area contributed by atoms with Gasteiger partial charge in [-0.3, -0.25) is 0 Å². The van der Waals surface area contributed by atoms with Crippen LogP contribution >= 0.6 is 27.3 Å². The largest absolute Gasteiger partial charge is 0.383 e. The second-order valence-electron chi connectivity index (χ2n) is 3.35. The SMILES string of the molecule is CCNC(=NCc1cc(Br)cs1)NCCOC. The summed E-state index contributed by atoms with van der Waals surface area (Å²) in [4.78, 5) is 5.73. The molecule has 0 aliphatic rings. The highest BCUT2D eigenvalue weighted by Crippen LogP contribution is 2.20. The van der Waals surface area contributed by atoms with Crippen LogP contribution in [0.2, 0.25) is 0 Å². The number of ether oxygens (including phenoxy) is 1. The maximum Gasteiger partial charge on any atom is 0.191 e. The predicted octanol–water partition coefficient (Wildman–Crippen LogP) is 2.21. The molecule has 0 aliphatic carbocycles. The molecular weight excluding hydrogens is 302 g/mol. The van der Waals surface area contributed by atoms with Gasteiger partial charge in [-0.2, -0.15) is 0 Å². The monoisotopic (exact) mass is 319 g/mol. The average molecular weight is 320 g/mol. The van der Waals surface area contributed by atoms with Crippen LogP contribution in [0.3, 0.4) is 0 Å². The van der Waals surface area contributed by atoms with Gasteiger partial charge < -0.3 is 15.4 Å². The summed E-state index contributed by atoms with van der Waals surface area (Å²) in [6.45, 7) is 5.03. The standard InChI is InChI=1S/C11H18BrN3OS/c1-3-13-11(14-4-5-16-2)15-7-10-6-9(12)8-17-10/h6,8H,3-5,7H2,1-2H3,(H2,13,14,15). The van der Waals surface area contributed by atoms with Crippen LogP contribution in [0.1, 0.15) is 11.8 Å². The van der Waals surface area contributed by atoms with Crippen molar-refractivity contribution in [2.75, 3.05) is 26.8 Å². The van der Waals surface area contributed by atoms with Crippen LogP contribution in [0.4, 0.5) is 0 Å². The number of hydrogen-bond acceptors (Lipinski definition) is 3. The summed E-state index contributed by atoms with van der Waals surface area (Å²) in [5, 5.41) is 8.47. The second kappa shape index (κ2) is 8.49. The van der Waals surface area contributed by atoms with Crippen LogP contribution in [0.5, 0.6) is 0 Å². The molecule has 1 aromatic rings. The summed E-state index contributed by atoms with van der Waals surface area (Å²) < 4.78 is 6.10. The Morgan fingerprint density at radius 2 is 2.35 bits per heavy atom. The van der Waals surface area contributed by atoms with Crippen molar-refractivity contribution in [1.82, 2.24) is 10.6 Å². The topological polar surface area (TPSA) is 45.7 Å². The van der Waals surface area contributed by atoms with Crippen molar-refractivity contribution in [2.24, 2.45) is 4.99 Å². The lowest BCUT2D eigenvalue weighted by molar-refractivity contribution is 0.203. The second-order valence-corrected chi connectivity index (χ2v) is 5.26. The molecule has 1 heterocycles. The van der Waals surface area contributed by atoms with Crippen LogP contribution in [0.25, 0.3) is 0 Å². The fourth-order valence-corrected chi connectivity index (χ4v) is 2.58. The van der Waals surface area contributed by atoms with E-state index in [2.05, 4.69) is 49.9 Å². The van der Waals surface area contributed by atoms with Crippen molar-refractivity contribution in [1.29, 1.82) is 0 Å². The number of halogens is 1. The Balaban J connectivity index is 2.44. The van der Waals surface area contributed by atoms with E-state index in [-0.39, 0.29) is 0 Å². The molecule has 0 amide bonds. The molecule has 96 valence electrons. The first kappa shape index (κ1) is 14.5. The van der Waals surface area contributed by atoms with Crippen LogP contribution in [0, 0.1) is 0 Å². The van der Waals surface area contributed by atoms with Crippen molar-refractivity contribution in [2.45, 2.75) is 13.5 Å². The van der Waals surface area contributed by atoms with E-state index in [0.717, 1.165) is 23.5 Å². The molecule has 0 unspecified atom stereocenters. The predicted molar refractivity (Wildman–Crippen MR) is 76.7 cm³/mol. The molecule has 2 N–H and O–H groups in total. The fraction of sp³-hybridized carbons (Fsp3) is 0.545. The van der Waals surface area contributed by atoms with Gasteiger partial charge in [0.2, 0.25) is 0 Å². The summed E-state index contributed by atoms with van der Waals surface area (Å²) in [6.07, 6.45) is 0. The van der Waals surface area contributed by atoms with Crippen LogP contribution in [-0.2, 0) is 11.3 Å². The molecule has 0 fully saturated rings. The Hall–Kier alpha value is -0.590. The van der Waals surface area contributed by atoms with Crippen molar-refractivity contribution >= 4 is 33.2 Å². The highest BCUT2D eigenvalue weighted by molar-refractivity contribution is 9.10. The van der Waals surface area contributed by atoms with E-state index in [4.69, 9.17) is 4.74 Å². The van der Waals surface area contributed by atoms with Crippen molar-refractivity contribution in [3.05, 3.63) is 20.8 Å². The van der Waals surface area contributed by atoms with E-state index in [9.17, 15) is 0 Å². The molecule has 4 nitrogen and oxygen atoms in total. The first-order valence-corrected chi connectivity index (χ1v) is 7.17. The van der Waals surface area contributed by atoms with Gasteiger partial charge in [0.1, 0.15) is 0 Å². The zero-order valence-corrected chi connectivity index (χ0v) is 12.5. The maximum atomic E-state index is 4.99. The highest BCUT2D eigenvalue weighted by atomic mass is 79.9. The summed E-state index contributed by atoms with van der Waals surface area (Å²) in [6, 6.07) is 2.09. The van der Waals surface area contributed by atoms with Gasteiger partial charge in [-0.05, 0) is 28.9 Å². The summed E-state index contributed by atoms with van der Waals surface area (Å²) in [7, 11) is 1.69. The lowest BCUT2D eigenvalue weighted by atomic mass is 10.5. The molecule has 0 saturated heterocycles. The molecule has 0 atom stereocenters. The lowest BCUT2D eigenvalue weighted by Crippen LogP contribution is -2.38. The number of guanidine groups is 1. The molecule has 1 rings (SSSR count). The normalized spacial score (nSPS) is 11.6. The lowest BCUT2D eigenvalue weighted by Gasteiger charge is -2.10. The van der Waals surface area contributed by atoms with Gasteiger partial charge in [0.25, 0.3) is 0 Å². The molecule has 0 aliphatic heterocycles. The Labute approximate surface area is 115 Å². The summed E-state index contributed by atoms with van der Waals surface area (Å²) >= 11 is 5.14. The fourth-order valence-electron chi connectivity index (χ4n) is 1.21. The van der Waals surface area contributed by atoms with Gasteiger partial charge in [0.15, 0.2) is 5.96 Å². The number of methoxy groups -OCH3 is 1. The zero-order chi connectivity index (χ0) is 12.5. The maximum absolute atomic E-state index is 4.99. The third-order valence-electron chi connectivity index (χ3n) is 1.96. The molecule has 0 radical (unpaired) electrons. The molecule has 6 heteroatoms. The molecule has 17 heavy (non-hydrogen) atoms. The molecule has 0 saturated carbocycles. The summed E-state index contributed by atoms with van der Waals surface area (Å²) in [5.41, 5.74) is 0. The molecule has 1 aromatic heterocycles. The van der Waals surface area contributed by atoms with Gasteiger partial charge in [-0.25, -0.2) is 4.99 Å². The van der Waals surface area contributed by atoms with Gasteiger partial charge >= 0.3 is 0 Å². The van der Waals surface area contributed by atoms with E-state index >= 15 is 0 Å². The van der Waals surface area contributed by atoms with E-state index in [1.807, 2.05) is 0 Å². The van der Waals surface area contributed by atoms with E-state index in [1.54, 1.807) is 18.4 Å². The quantitative estimate of drug-likeness (QED) is 0.480. The van der Waals surface area contributed by atoms with Gasteiger partial charge in [0, 0.05) is 34.9 Å². The molecular formula is C11H18BrN3OS. The molecule has 0 bridgehead atoms.